The molecule has 0 saturated heterocycles. The maximum absolute atomic E-state index is 11.5. The normalized spacial score (nSPS) is 10.8. The standard InChI is InChI=1S/C15H22O3/c1-10(2)9-18-14-7-6-12(15(16)17-5)8-13(14)11(3)4/h6-8,10-11H,9H2,1-5H3. The largest absolute Gasteiger partial charge is 0.493 e. The molecule has 0 saturated carbocycles. The number of rotatable bonds is 5. The van der Waals surface area contributed by atoms with E-state index in [0.29, 0.717) is 24.0 Å². The minimum absolute atomic E-state index is 0.303. The molecule has 1 rings (SSSR count). The number of carbonyl (C=O) groups excluding carboxylic acids is 1. The average molecular weight is 250 g/mol. The topological polar surface area (TPSA) is 35.5 Å². The summed E-state index contributed by atoms with van der Waals surface area (Å²) < 4.78 is 10.5. The Morgan fingerprint density at radius 2 is 1.89 bits per heavy atom. The molecule has 1 aromatic carbocycles. The molecular weight excluding hydrogens is 228 g/mol. The van der Waals surface area contributed by atoms with Crippen LogP contribution in [0.2, 0.25) is 0 Å². The van der Waals surface area contributed by atoms with E-state index in [0.717, 1.165) is 11.3 Å². The van der Waals surface area contributed by atoms with Crippen molar-refractivity contribution < 1.29 is 14.3 Å². The van der Waals surface area contributed by atoms with Gasteiger partial charge in [-0.2, -0.15) is 0 Å². The summed E-state index contributed by atoms with van der Waals surface area (Å²) in [5, 5.41) is 0. The third-order valence-electron chi connectivity index (χ3n) is 2.63. The van der Waals surface area contributed by atoms with Crippen LogP contribution in [0, 0.1) is 5.92 Å². The average Bonchev–Trinajstić information content (AvgIpc) is 2.34. The third kappa shape index (κ3) is 3.76. The van der Waals surface area contributed by atoms with E-state index in [1.807, 2.05) is 12.1 Å². The van der Waals surface area contributed by atoms with E-state index in [1.54, 1.807) is 6.07 Å². The van der Waals surface area contributed by atoms with Crippen LogP contribution in [-0.4, -0.2) is 19.7 Å². The zero-order chi connectivity index (χ0) is 13.7. The zero-order valence-electron chi connectivity index (χ0n) is 11.8. The van der Waals surface area contributed by atoms with E-state index < -0.39 is 0 Å². The van der Waals surface area contributed by atoms with Crippen molar-refractivity contribution in [3.05, 3.63) is 29.3 Å². The molecule has 0 aliphatic heterocycles. The van der Waals surface area contributed by atoms with E-state index in [2.05, 4.69) is 27.7 Å². The molecule has 0 amide bonds. The number of hydrogen-bond acceptors (Lipinski definition) is 3. The van der Waals surface area contributed by atoms with Gasteiger partial charge in [-0.25, -0.2) is 4.79 Å². The minimum Gasteiger partial charge on any atom is -0.493 e. The number of methoxy groups -OCH3 is 1. The van der Waals surface area contributed by atoms with Gasteiger partial charge in [0.25, 0.3) is 0 Å². The van der Waals surface area contributed by atoms with E-state index in [9.17, 15) is 4.79 Å². The number of carbonyl (C=O) groups is 1. The van der Waals surface area contributed by atoms with Crippen LogP contribution in [0.4, 0.5) is 0 Å². The summed E-state index contributed by atoms with van der Waals surface area (Å²) in [4.78, 5) is 11.5. The van der Waals surface area contributed by atoms with E-state index in [-0.39, 0.29) is 5.97 Å². The van der Waals surface area contributed by atoms with Gasteiger partial charge in [0.1, 0.15) is 5.75 Å². The van der Waals surface area contributed by atoms with Gasteiger partial charge < -0.3 is 9.47 Å². The van der Waals surface area contributed by atoms with Crippen LogP contribution in [0.5, 0.6) is 5.75 Å². The first-order valence-electron chi connectivity index (χ1n) is 6.30. The molecule has 0 aliphatic rings. The van der Waals surface area contributed by atoms with Gasteiger partial charge in [0, 0.05) is 0 Å². The predicted molar refractivity (Wildman–Crippen MR) is 72.2 cm³/mol. The first-order chi connectivity index (χ1) is 8.45. The van der Waals surface area contributed by atoms with Crippen LogP contribution < -0.4 is 4.74 Å². The van der Waals surface area contributed by atoms with Gasteiger partial charge in [-0.3, -0.25) is 0 Å². The molecule has 0 aliphatic carbocycles. The first kappa shape index (κ1) is 14.6. The molecule has 0 heterocycles. The van der Waals surface area contributed by atoms with Gasteiger partial charge in [-0.05, 0) is 35.6 Å². The molecule has 0 atom stereocenters. The summed E-state index contributed by atoms with van der Waals surface area (Å²) in [6.45, 7) is 9.06. The Kier molecular flexibility index (Phi) is 5.20. The van der Waals surface area contributed by atoms with Crippen LogP contribution in [0.3, 0.4) is 0 Å². The van der Waals surface area contributed by atoms with Crippen molar-refractivity contribution in [3.63, 3.8) is 0 Å². The maximum Gasteiger partial charge on any atom is 0.337 e. The maximum atomic E-state index is 11.5. The fourth-order valence-electron chi connectivity index (χ4n) is 1.63. The quantitative estimate of drug-likeness (QED) is 0.748. The van der Waals surface area contributed by atoms with Crippen molar-refractivity contribution in [2.45, 2.75) is 33.6 Å². The zero-order valence-corrected chi connectivity index (χ0v) is 11.8. The van der Waals surface area contributed by atoms with Gasteiger partial charge in [0.05, 0.1) is 19.3 Å². The SMILES string of the molecule is COC(=O)c1ccc(OCC(C)C)c(C(C)C)c1. The number of esters is 1. The molecule has 3 nitrogen and oxygen atoms in total. The third-order valence-corrected chi connectivity index (χ3v) is 2.63. The lowest BCUT2D eigenvalue weighted by atomic mass is 9.99. The molecule has 0 spiro atoms. The Balaban J connectivity index is 3.01. The molecule has 0 bridgehead atoms. The van der Waals surface area contributed by atoms with Crippen LogP contribution in [0.15, 0.2) is 18.2 Å². The molecule has 3 heteroatoms. The second-order valence-corrected chi connectivity index (χ2v) is 5.10. The highest BCUT2D eigenvalue weighted by molar-refractivity contribution is 5.89. The fourth-order valence-corrected chi connectivity index (χ4v) is 1.63. The highest BCUT2D eigenvalue weighted by Gasteiger charge is 2.13. The molecule has 100 valence electrons. The second-order valence-electron chi connectivity index (χ2n) is 5.10. The Labute approximate surface area is 109 Å². The van der Waals surface area contributed by atoms with Gasteiger partial charge in [0.2, 0.25) is 0 Å². The molecular formula is C15H22O3. The fraction of sp³-hybridized carbons (Fsp3) is 0.533. The van der Waals surface area contributed by atoms with Crippen molar-refractivity contribution in [3.8, 4) is 5.75 Å². The Morgan fingerprint density at radius 3 is 2.39 bits per heavy atom. The first-order valence-corrected chi connectivity index (χ1v) is 6.30. The Hall–Kier alpha value is -1.51. The van der Waals surface area contributed by atoms with Gasteiger partial charge in [-0.1, -0.05) is 27.7 Å². The molecule has 0 fully saturated rings. The van der Waals surface area contributed by atoms with E-state index >= 15 is 0 Å². The lowest BCUT2D eigenvalue weighted by Gasteiger charge is -2.16. The minimum atomic E-state index is -0.313. The second kappa shape index (κ2) is 6.43. The molecule has 0 aromatic heterocycles. The van der Waals surface area contributed by atoms with Crippen LogP contribution in [-0.2, 0) is 4.74 Å². The summed E-state index contributed by atoms with van der Waals surface area (Å²) in [6.07, 6.45) is 0. The van der Waals surface area contributed by atoms with Crippen LogP contribution in [0.1, 0.15) is 49.5 Å². The highest BCUT2D eigenvalue weighted by atomic mass is 16.5. The van der Waals surface area contributed by atoms with Crippen molar-refractivity contribution in [1.29, 1.82) is 0 Å². The van der Waals surface area contributed by atoms with Crippen LogP contribution in [0.25, 0.3) is 0 Å². The van der Waals surface area contributed by atoms with Crippen molar-refractivity contribution >= 4 is 5.97 Å². The Morgan fingerprint density at radius 1 is 1.22 bits per heavy atom. The van der Waals surface area contributed by atoms with Crippen molar-refractivity contribution in [1.82, 2.24) is 0 Å². The summed E-state index contributed by atoms with van der Waals surface area (Å²) in [6, 6.07) is 5.45. The lowest BCUT2D eigenvalue weighted by Crippen LogP contribution is -2.08. The molecule has 0 unspecified atom stereocenters. The highest BCUT2D eigenvalue weighted by Crippen LogP contribution is 2.28. The smallest absolute Gasteiger partial charge is 0.337 e. The van der Waals surface area contributed by atoms with Gasteiger partial charge in [0.15, 0.2) is 0 Å². The summed E-state index contributed by atoms with van der Waals surface area (Å²) in [7, 11) is 1.39. The summed E-state index contributed by atoms with van der Waals surface area (Å²) in [5.41, 5.74) is 1.61. The van der Waals surface area contributed by atoms with Crippen molar-refractivity contribution in [2.75, 3.05) is 13.7 Å². The number of benzene rings is 1. The molecule has 18 heavy (non-hydrogen) atoms. The number of hydrogen-bond donors (Lipinski definition) is 0. The monoisotopic (exact) mass is 250 g/mol. The summed E-state index contributed by atoms with van der Waals surface area (Å²) in [5.74, 6) is 1.32. The van der Waals surface area contributed by atoms with Crippen LogP contribution >= 0.6 is 0 Å². The lowest BCUT2D eigenvalue weighted by molar-refractivity contribution is 0.0600. The van der Waals surface area contributed by atoms with Crippen molar-refractivity contribution in [2.24, 2.45) is 5.92 Å². The van der Waals surface area contributed by atoms with Gasteiger partial charge in [-0.15, -0.1) is 0 Å². The van der Waals surface area contributed by atoms with E-state index in [4.69, 9.17) is 9.47 Å². The van der Waals surface area contributed by atoms with E-state index in [1.165, 1.54) is 7.11 Å². The van der Waals surface area contributed by atoms with Gasteiger partial charge >= 0.3 is 5.97 Å². The Bertz CT molecular complexity index is 408. The summed E-state index contributed by atoms with van der Waals surface area (Å²) >= 11 is 0. The number of ether oxygens (including phenoxy) is 2. The molecule has 0 radical (unpaired) electrons. The molecule has 1 aromatic rings. The molecule has 0 N–H and O–H groups in total. The predicted octanol–water partition coefficient (Wildman–Crippen LogP) is 3.63.